The van der Waals surface area contributed by atoms with Crippen molar-refractivity contribution in [2.45, 2.75) is 0 Å². The fourth-order valence-electron chi connectivity index (χ4n) is 4.40. The molecule has 1 saturated heterocycles. The van der Waals surface area contributed by atoms with E-state index in [1.807, 2.05) is 18.2 Å². The summed E-state index contributed by atoms with van der Waals surface area (Å²) in [6.07, 6.45) is 0. The largest absolute Gasteiger partial charge is 0.493 e. The lowest BCUT2D eigenvalue weighted by atomic mass is 10.2. The number of anilines is 2. The number of benzene rings is 2. The number of hydrogen-bond donors (Lipinski definition) is 3. The summed E-state index contributed by atoms with van der Waals surface area (Å²) in [5.41, 5.74) is 2.06. The molecule has 0 bridgehead atoms. The van der Waals surface area contributed by atoms with Gasteiger partial charge in [0.05, 0.1) is 33.1 Å². The molecule has 2 aliphatic heterocycles. The highest BCUT2D eigenvalue weighted by atomic mass is 19.1. The van der Waals surface area contributed by atoms with Crippen LogP contribution < -0.4 is 20.1 Å². The van der Waals surface area contributed by atoms with E-state index in [1.54, 1.807) is 26.4 Å². The minimum absolute atomic E-state index is 0.318. The van der Waals surface area contributed by atoms with Crippen molar-refractivity contribution in [2.75, 3.05) is 58.9 Å². The van der Waals surface area contributed by atoms with Crippen LogP contribution in [-0.4, -0.2) is 74.3 Å². The molecule has 0 atom stereocenters. The normalized spacial score (nSPS) is 14.4. The van der Waals surface area contributed by atoms with Crippen LogP contribution in [0.25, 0.3) is 22.0 Å². The van der Waals surface area contributed by atoms with Gasteiger partial charge in [-0.15, -0.1) is 0 Å². The van der Waals surface area contributed by atoms with Crippen LogP contribution >= 0.6 is 0 Å². The molecule has 2 aromatic carbocycles. The van der Waals surface area contributed by atoms with Gasteiger partial charge in [-0.05, 0) is 41.8 Å². The summed E-state index contributed by atoms with van der Waals surface area (Å²) >= 11 is 0. The molecule has 9 nitrogen and oxygen atoms in total. The zero-order chi connectivity index (χ0) is 24.4. The lowest BCUT2D eigenvalue weighted by Gasteiger charge is -2.26. The van der Waals surface area contributed by atoms with E-state index in [4.69, 9.17) is 14.2 Å². The van der Waals surface area contributed by atoms with Crippen molar-refractivity contribution in [3.05, 3.63) is 48.3 Å². The Labute approximate surface area is 202 Å². The molecule has 3 N–H and O–H groups in total. The maximum absolute atomic E-state index is 13.9. The first-order valence-corrected chi connectivity index (χ1v) is 11.5. The molecule has 1 amide bonds. The van der Waals surface area contributed by atoms with Gasteiger partial charge in [0, 0.05) is 42.8 Å². The SMILES string of the molecule is COc1cc2cc3c(Nc4cccc(F)c4)n(C(=O)NCCN4CCOCC4)[nH]c-3c2cc1OC. The smallest absolute Gasteiger partial charge is 0.342 e. The van der Waals surface area contributed by atoms with Crippen LogP contribution in [-0.2, 0) is 4.74 Å². The number of aromatic amines is 1. The van der Waals surface area contributed by atoms with Gasteiger partial charge in [0.15, 0.2) is 11.5 Å². The number of nitrogens with zero attached hydrogens (tertiary/aromatic N) is 2. The second kappa shape index (κ2) is 9.85. The van der Waals surface area contributed by atoms with Gasteiger partial charge in [0.2, 0.25) is 0 Å². The van der Waals surface area contributed by atoms with E-state index in [0.29, 0.717) is 42.8 Å². The van der Waals surface area contributed by atoms with E-state index in [2.05, 4.69) is 20.6 Å². The quantitative estimate of drug-likeness (QED) is 0.371. The monoisotopic (exact) mass is 481 g/mol. The number of fused-ring (bicyclic) bond motifs is 3. The summed E-state index contributed by atoms with van der Waals surface area (Å²) < 4.78 is 31.6. The average Bonchev–Trinajstić information content (AvgIpc) is 3.40. The number of amides is 1. The zero-order valence-electron chi connectivity index (χ0n) is 19.7. The third-order valence-electron chi connectivity index (χ3n) is 6.19. The molecule has 3 aliphatic rings. The van der Waals surface area contributed by atoms with E-state index in [0.717, 1.165) is 41.7 Å². The summed E-state index contributed by atoms with van der Waals surface area (Å²) in [4.78, 5) is 15.5. The van der Waals surface area contributed by atoms with E-state index in [1.165, 1.54) is 16.8 Å². The number of ether oxygens (including phenoxy) is 3. The number of morpholine rings is 1. The maximum atomic E-state index is 13.9. The molecule has 0 unspecified atom stereocenters. The second-order valence-corrected chi connectivity index (χ2v) is 8.34. The molecule has 10 heteroatoms. The number of carbonyl (C=O) groups excluding carboxylic acids is 1. The van der Waals surface area contributed by atoms with Gasteiger partial charge in [-0.25, -0.2) is 9.18 Å². The van der Waals surface area contributed by atoms with E-state index >= 15 is 0 Å². The number of hydrogen-bond acceptors (Lipinski definition) is 6. The number of nitrogens with one attached hydrogen (secondary N) is 3. The molecule has 2 heterocycles. The molecule has 184 valence electrons. The molecule has 0 radical (unpaired) electrons. The van der Waals surface area contributed by atoms with Gasteiger partial charge in [0.1, 0.15) is 11.6 Å². The molecule has 0 saturated carbocycles. The van der Waals surface area contributed by atoms with Gasteiger partial charge in [0.25, 0.3) is 0 Å². The molecule has 0 aromatic heterocycles. The molecule has 35 heavy (non-hydrogen) atoms. The van der Waals surface area contributed by atoms with Crippen molar-refractivity contribution in [3.63, 3.8) is 0 Å². The Morgan fingerprint density at radius 2 is 1.89 bits per heavy atom. The lowest BCUT2D eigenvalue weighted by molar-refractivity contribution is 0.0387. The number of aromatic nitrogens is 2. The average molecular weight is 482 g/mol. The van der Waals surface area contributed by atoms with Gasteiger partial charge >= 0.3 is 6.03 Å². The number of rotatable bonds is 7. The van der Waals surface area contributed by atoms with Gasteiger partial charge in [-0.2, -0.15) is 4.68 Å². The minimum atomic E-state index is -0.370. The summed E-state index contributed by atoms with van der Waals surface area (Å²) in [5, 5.41) is 11.2. The van der Waals surface area contributed by atoms with Crippen LogP contribution in [0.15, 0.2) is 42.5 Å². The highest BCUT2D eigenvalue weighted by Gasteiger charge is 2.25. The van der Waals surface area contributed by atoms with Crippen LogP contribution in [0.3, 0.4) is 0 Å². The Morgan fingerprint density at radius 3 is 2.63 bits per heavy atom. The molecule has 1 aliphatic carbocycles. The Hall–Kier alpha value is -3.76. The number of carbonyl (C=O) groups is 1. The third kappa shape index (κ3) is 4.62. The highest BCUT2D eigenvalue weighted by molar-refractivity contribution is 6.07. The topological polar surface area (TPSA) is 92.8 Å². The first kappa shape index (κ1) is 23.0. The first-order valence-electron chi connectivity index (χ1n) is 11.5. The van der Waals surface area contributed by atoms with Crippen LogP contribution in [0.1, 0.15) is 0 Å². The molecule has 2 aromatic rings. The third-order valence-corrected chi connectivity index (χ3v) is 6.19. The zero-order valence-corrected chi connectivity index (χ0v) is 19.7. The molecule has 0 spiro atoms. The Balaban J connectivity index is 1.49. The Kier molecular flexibility index (Phi) is 6.47. The fourth-order valence-corrected chi connectivity index (χ4v) is 4.40. The fraction of sp³-hybridized carbons (Fsp3) is 0.320. The van der Waals surface area contributed by atoms with Crippen LogP contribution in [0.5, 0.6) is 11.5 Å². The Morgan fingerprint density at radius 1 is 1.11 bits per heavy atom. The predicted molar refractivity (Wildman–Crippen MR) is 132 cm³/mol. The van der Waals surface area contributed by atoms with Gasteiger partial charge < -0.3 is 24.8 Å². The second-order valence-electron chi connectivity index (χ2n) is 8.34. The predicted octanol–water partition coefficient (Wildman–Crippen LogP) is 3.86. The minimum Gasteiger partial charge on any atom is -0.493 e. The summed E-state index contributed by atoms with van der Waals surface area (Å²) in [7, 11) is 3.17. The number of halogens is 1. The maximum Gasteiger partial charge on any atom is 0.342 e. The number of H-pyrrole nitrogens is 1. The number of methoxy groups -OCH3 is 2. The van der Waals surface area contributed by atoms with Crippen LogP contribution in [0.4, 0.5) is 20.7 Å². The lowest BCUT2D eigenvalue weighted by Crippen LogP contribution is -2.42. The van der Waals surface area contributed by atoms with Crippen molar-refractivity contribution in [1.82, 2.24) is 20.0 Å². The standard InChI is InChI=1S/C25H28FN5O4/c1-33-21-13-16-12-20-23(19(16)15-22(21)34-2)29-31(24(20)28-18-5-3-4-17(26)14-18)25(32)27-6-7-30-8-10-35-11-9-30/h3-5,12-15,28-29H,6-11H2,1-2H3,(H,27,32). The molecule has 5 rings (SSSR count). The van der Waals surface area contributed by atoms with E-state index in [-0.39, 0.29) is 11.8 Å². The summed E-state index contributed by atoms with van der Waals surface area (Å²) in [5.74, 6) is 1.33. The van der Waals surface area contributed by atoms with Crippen molar-refractivity contribution < 1.29 is 23.4 Å². The molecule has 1 fully saturated rings. The highest BCUT2D eigenvalue weighted by Crippen LogP contribution is 2.43. The van der Waals surface area contributed by atoms with Crippen LogP contribution in [0.2, 0.25) is 0 Å². The van der Waals surface area contributed by atoms with Crippen molar-refractivity contribution >= 4 is 28.3 Å². The molecular formula is C25H28FN5O4. The first-order chi connectivity index (χ1) is 17.1. The van der Waals surface area contributed by atoms with Gasteiger partial charge in [-0.1, -0.05) is 6.07 Å². The van der Waals surface area contributed by atoms with E-state index < -0.39 is 0 Å². The van der Waals surface area contributed by atoms with Crippen molar-refractivity contribution in [2.24, 2.45) is 0 Å². The molecular weight excluding hydrogens is 453 g/mol. The van der Waals surface area contributed by atoms with Gasteiger partial charge in [-0.3, -0.25) is 10.00 Å². The van der Waals surface area contributed by atoms with E-state index in [9.17, 15) is 9.18 Å². The summed E-state index contributed by atoms with van der Waals surface area (Å²) in [6.45, 7) is 4.33. The summed E-state index contributed by atoms with van der Waals surface area (Å²) in [6, 6.07) is 11.5. The van der Waals surface area contributed by atoms with Crippen molar-refractivity contribution in [1.29, 1.82) is 0 Å². The van der Waals surface area contributed by atoms with Crippen LogP contribution in [0, 0.1) is 5.82 Å². The van der Waals surface area contributed by atoms with Crippen molar-refractivity contribution in [3.8, 4) is 22.8 Å². The Bertz CT molecular complexity index is 1310.